The molecule has 0 radical (unpaired) electrons. The number of anilines is 1. The number of nitrogens with zero attached hydrogens (tertiary/aromatic N) is 1. The van der Waals surface area contributed by atoms with E-state index in [2.05, 4.69) is 56.1 Å². The molecule has 0 heterocycles. The zero-order valence-electron chi connectivity index (χ0n) is 10.5. The minimum absolute atomic E-state index is 0.803. The van der Waals surface area contributed by atoms with Crippen molar-refractivity contribution < 1.29 is 0 Å². The second-order valence-electron chi connectivity index (χ2n) is 3.92. The first-order chi connectivity index (χ1) is 7.58. The summed E-state index contributed by atoms with van der Waals surface area (Å²) >= 11 is 5.36. The molecule has 1 aromatic carbocycles. The zero-order chi connectivity index (χ0) is 12.1. The molecule has 1 aromatic rings. The third-order valence-corrected chi connectivity index (χ3v) is 3.03. The number of aryl methyl sites for hydroxylation is 2. The lowest BCUT2D eigenvalue weighted by Crippen LogP contribution is -2.34. The highest BCUT2D eigenvalue weighted by atomic mass is 32.1. The van der Waals surface area contributed by atoms with Crippen molar-refractivity contribution in [1.29, 1.82) is 0 Å². The van der Waals surface area contributed by atoms with Gasteiger partial charge in [0.1, 0.15) is 0 Å². The summed E-state index contributed by atoms with van der Waals surface area (Å²) in [4.78, 5) is 2.13. The first kappa shape index (κ1) is 13.0. The molecule has 88 valence electrons. The normalized spacial score (nSPS) is 10.0. The van der Waals surface area contributed by atoms with Gasteiger partial charge in [0.05, 0.1) is 0 Å². The smallest absolute Gasteiger partial charge is 0.173 e. The quantitative estimate of drug-likeness (QED) is 0.810. The first-order valence-electron chi connectivity index (χ1n) is 5.71. The van der Waals surface area contributed by atoms with E-state index in [-0.39, 0.29) is 0 Å². The fourth-order valence-electron chi connectivity index (χ4n) is 1.66. The van der Waals surface area contributed by atoms with Crippen molar-refractivity contribution in [3.63, 3.8) is 0 Å². The molecule has 3 heteroatoms. The lowest BCUT2D eigenvalue weighted by Gasteiger charge is -2.23. The van der Waals surface area contributed by atoms with Crippen LogP contribution in [0.5, 0.6) is 0 Å². The number of thiocarbonyl (C=S) groups is 1. The molecule has 0 unspecified atom stereocenters. The Hall–Kier alpha value is -1.09. The standard InChI is InChI=1S/C13H20N2S/c1-5-15(6-2)13(16)14-12-8-7-10(3)9-11(12)4/h7-9H,5-6H2,1-4H3,(H,14,16). The van der Waals surface area contributed by atoms with E-state index in [4.69, 9.17) is 12.2 Å². The van der Waals surface area contributed by atoms with Gasteiger partial charge in [0.2, 0.25) is 0 Å². The summed E-state index contributed by atoms with van der Waals surface area (Å²) in [5.74, 6) is 0. The first-order valence-corrected chi connectivity index (χ1v) is 6.12. The number of rotatable bonds is 3. The van der Waals surface area contributed by atoms with E-state index in [1.54, 1.807) is 0 Å². The van der Waals surface area contributed by atoms with Gasteiger partial charge in [-0.05, 0) is 51.5 Å². The maximum Gasteiger partial charge on any atom is 0.173 e. The summed E-state index contributed by atoms with van der Waals surface area (Å²) in [7, 11) is 0. The SMILES string of the molecule is CCN(CC)C(=S)Nc1ccc(C)cc1C. The molecule has 0 aromatic heterocycles. The van der Waals surface area contributed by atoms with Crippen LogP contribution in [0.25, 0.3) is 0 Å². The zero-order valence-corrected chi connectivity index (χ0v) is 11.3. The minimum Gasteiger partial charge on any atom is -0.350 e. The molecule has 0 aliphatic rings. The minimum atomic E-state index is 0.803. The lowest BCUT2D eigenvalue weighted by atomic mass is 10.1. The summed E-state index contributed by atoms with van der Waals surface area (Å²) in [5, 5.41) is 4.10. The highest BCUT2D eigenvalue weighted by molar-refractivity contribution is 7.80. The van der Waals surface area contributed by atoms with Crippen LogP contribution in [0.2, 0.25) is 0 Å². The van der Waals surface area contributed by atoms with Crippen LogP contribution in [-0.4, -0.2) is 23.1 Å². The third kappa shape index (κ3) is 3.20. The molecule has 0 fully saturated rings. The Morgan fingerprint density at radius 3 is 2.38 bits per heavy atom. The van der Waals surface area contributed by atoms with Gasteiger partial charge in [0.15, 0.2) is 5.11 Å². The molecular weight excluding hydrogens is 216 g/mol. The van der Waals surface area contributed by atoms with Gasteiger partial charge in [0, 0.05) is 18.8 Å². The van der Waals surface area contributed by atoms with E-state index in [0.29, 0.717) is 0 Å². The van der Waals surface area contributed by atoms with Crippen molar-refractivity contribution in [3.05, 3.63) is 29.3 Å². The van der Waals surface area contributed by atoms with Crippen molar-refractivity contribution in [3.8, 4) is 0 Å². The van der Waals surface area contributed by atoms with Crippen LogP contribution < -0.4 is 5.32 Å². The molecule has 0 amide bonds. The Morgan fingerprint density at radius 2 is 1.88 bits per heavy atom. The maximum atomic E-state index is 5.36. The van der Waals surface area contributed by atoms with Crippen molar-refractivity contribution in [2.45, 2.75) is 27.7 Å². The van der Waals surface area contributed by atoms with Gasteiger partial charge >= 0.3 is 0 Å². The predicted octanol–water partition coefficient (Wildman–Crippen LogP) is 3.34. The van der Waals surface area contributed by atoms with Crippen LogP contribution in [0.3, 0.4) is 0 Å². The molecule has 1 rings (SSSR count). The average molecular weight is 236 g/mol. The number of hydrogen-bond acceptors (Lipinski definition) is 1. The number of hydrogen-bond donors (Lipinski definition) is 1. The Morgan fingerprint density at radius 1 is 1.25 bits per heavy atom. The molecule has 0 saturated heterocycles. The van der Waals surface area contributed by atoms with Crippen LogP contribution in [0.15, 0.2) is 18.2 Å². The second kappa shape index (κ2) is 5.85. The molecule has 0 aliphatic carbocycles. The highest BCUT2D eigenvalue weighted by Gasteiger charge is 2.06. The fraction of sp³-hybridized carbons (Fsp3) is 0.462. The van der Waals surface area contributed by atoms with E-state index >= 15 is 0 Å². The van der Waals surface area contributed by atoms with Crippen LogP contribution in [0.4, 0.5) is 5.69 Å². The summed E-state index contributed by atoms with van der Waals surface area (Å²) < 4.78 is 0. The predicted molar refractivity (Wildman–Crippen MR) is 75.1 cm³/mol. The summed E-state index contributed by atoms with van der Waals surface area (Å²) in [6.45, 7) is 10.3. The Balaban J connectivity index is 2.76. The van der Waals surface area contributed by atoms with E-state index in [9.17, 15) is 0 Å². The van der Waals surface area contributed by atoms with Crippen LogP contribution in [0, 0.1) is 13.8 Å². The lowest BCUT2D eigenvalue weighted by molar-refractivity contribution is 0.473. The van der Waals surface area contributed by atoms with Gasteiger partial charge in [-0.15, -0.1) is 0 Å². The van der Waals surface area contributed by atoms with Gasteiger partial charge in [-0.1, -0.05) is 17.7 Å². The second-order valence-corrected chi connectivity index (χ2v) is 4.31. The summed E-state index contributed by atoms with van der Waals surface area (Å²) in [6.07, 6.45) is 0. The van der Waals surface area contributed by atoms with Crippen LogP contribution in [0.1, 0.15) is 25.0 Å². The van der Waals surface area contributed by atoms with E-state index in [0.717, 1.165) is 23.9 Å². The Kier molecular flexibility index (Phi) is 4.74. The molecule has 16 heavy (non-hydrogen) atoms. The number of nitrogens with one attached hydrogen (secondary N) is 1. The van der Waals surface area contributed by atoms with E-state index in [1.807, 2.05) is 0 Å². The summed E-state index contributed by atoms with van der Waals surface area (Å²) in [5.41, 5.74) is 3.61. The van der Waals surface area contributed by atoms with E-state index in [1.165, 1.54) is 11.1 Å². The molecule has 0 atom stereocenters. The van der Waals surface area contributed by atoms with Gasteiger partial charge < -0.3 is 10.2 Å². The fourth-order valence-corrected chi connectivity index (χ4v) is 2.03. The van der Waals surface area contributed by atoms with Crippen molar-refractivity contribution in [1.82, 2.24) is 4.90 Å². The van der Waals surface area contributed by atoms with Gasteiger partial charge in [0.25, 0.3) is 0 Å². The molecule has 2 nitrogen and oxygen atoms in total. The van der Waals surface area contributed by atoms with Crippen molar-refractivity contribution >= 4 is 23.0 Å². The molecule has 0 spiro atoms. The highest BCUT2D eigenvalue weighted by Crippen LogP contribution is 2.16. The third-order valence-electron chi connectivity index (χ3n) is 2.67. The topological polar surface area (TPSA) is 15.3 Å². The number of benzene rings is 1. The van der Waals surface area contributed by atoms with Crippen LogP contribution in [-0.2, 0) is 0 Å². The molecular formula is C13H20N2S. The Labute approximate surface area is 104 Å². The largest absolute Gasteiger partial charge is 0.350 e. The molecule has 1 N–H and O–H groups in total. The Bertz CT molecular complexity index is 370. The van der Waals surface area contributed by atoms with Gasteiger partial charge in [-0.3, -0.25) is 0 Å². The van der Waals surface area contributed by atoms with Crippen molar-refractivity contribution in [2.24, 2.45) is 0 Å². The van der Waals surface area contributed by atoms with Crippen LogP contribution >= 0.6 is 12.2 Å². The van der Waals surface area contributed by atoms with E-state index < -0.39 is 0 Å². The molecule has 0 aliphatic heterocycles. The molecule has 0 saturated carbocycles. The van der Waals surface area contributed by atoms with Gasteiger partial charge in [-0.2, -0.15) is 0 Å². The monoisotopic (exact) mass is 236 g/mol. The maximum absolute atomic E-state index is 5.36. The summed E-state index contributed by atoms with van der Waals surface area (Å²) in [6, 6.07) is 6.34. The van der Waals surface area contributed by atoms with Crippen molar-refractivity contribution in [2.75, 3.05) is 18.4 Å². The average Bonchev–Trinajstić information content (AvgIpc) is 2.24. The molecule has 0 bridgehead atoms. The van der Waals surface area contributed by atoms with Gasteiger partial charge in [-0.25, -0.2) is 0 Å².